The van der Waals surface area contributed by atoms with Gasteiger partial charge in [0.15, 0.2) is 5.78 Å². The van der Waals surface area contributed by atoms with Gasteiger partial charge in [-0.05, 0) is 7.05 Å². The highest BCUT2D eigenvalue weighted by atomic mass is 16.6. The molecule has 0 fully saturated rings. The Morgan fingerprint density at radius 3 is 1.48 bits per heavy atom. The lowest BCUT2D eigenvalue weighted by Gasteiger charge is -2.08. The molecule has 0 radical (unpaired) electrons. The van der Waals surface area contributed by atoms with Gasteiger partial charge >= 0.3 is 0 Å². The number of likely N-dealkylation sites (N-methyl/N-ethyl adjacent to an activating group) is 1. The van der Waals surface area contributed by atoms with Crippen LogP contribution in [0.4, 0.5) is 0 Å². The van der Waals surface area contributed by atoms with Crippen LogP contribution in [0.15, 0.2) is 6.20 Å². The second-order valence-corrected chi connectivity index (χ2v) is 6.81. The summed E-state index contributed by atoms with van der Waals surface area (Å²) in [5.41, 5.74) is 0.357. The van der Waals surface area contributed by atoms with Crippen molar-refractivity contribution in [1.82, 2.24) is 20.3 Å². The topological polar surface area (TPSA) is 124 Å². The van der Waals surface area contributed by atoms with Crippen molar-refractivity contribution in [2.24, 2.45) is 0 Å². The number of nitrogens with zero attached hydrogens (tertiary/aromatic N) is 3. The summed E-state index contributed by atoms with van der Waals surface area (Å²) < 4.78 is 39.5. The number of aromatic nitrogens is 3. The minimum atomic E-state index is -0.103. The fourth-order valence-electron chi connectivity index (χ4n) is 2.32. The summed E-state index contributed by atoms with van der Waals surface area (Å²) in [7, 11) is 1.89. The number of carbonyl (C=O) groups is 1. The third kappa shape index (κ3) is 18.6. The van der Waals surface area contributed by atoms with E-state index in [0.29, 0.717) is 105 Å². The van der Waals surface area contributed by atoms with Crippen LogP contribution < -0.4 is 5.32 Å². The second kappa shape index (κ2) is 22.3. The lowest BCUT2D eigenvalue weighted by molar-refractivity contribution is -0.0206. The summed E-state index contributed by atoms with van der Waals surface area (Å²) >= 11 is 0. The monoisotopic (exact) mass is 476 g/mol. The Morgan fingerprint density at radius 2 is 1.12 bits per heavy atom. The lowest BCUT2D eigenvalue weighted by atomic mass is 10.3. The van der Waals surface area contributed by atoms with E-state index in [0.717, 1.165) is 6.54 Å². The maximum Gasteiger partial charge on any atom is 0.181 e. The number of rotatable bonds is 25. The van der Waals surface area contributed by atoms with Crippen LogP contribution in [0, 0.1) is 0 Å². The number of hydrogen-bond donors (Lipinski definition) is 1. The molecule has 192 valence electrons. The molecule has 0 aliphatic rings. The number of nitrogens with one attached hydrogen (secondary N) is 1. The van der Waals surface area contributed by atoms with Gasteiger partial charge in [-0.1, -0.05) is 5.21 Å². The van der Waals surface area contributed by atoms with Gasteiger partial charge in [0.25, 0.3) is 0 Å². The molecule has 0 unspecified atom stereocenters. The van der Waals surface area contributed by atoms with Gasteiger partial charge in [-0.3, -0.25) is 4.79 Å². The predicted octanol–water partition coefficient (Wildman–Crippen LogP) is -0.184. The SMILES string of the molecule is CNCCOCCOCCOCCOCCOCCOCCOCCn1cc(C(C)=O)nn1. The zero-order valence-corrected chi connectivity index (χ0v) is 20.0. The van der Waals surface area contributed by atoms with Crippen LogP contribution in [0.3, 0.4) is 0 Å². The second-order valence-electron chi connectivity index (χ2n) is 6.81. The molecule has 1 rings (SSSR count). The van der Waals surface area contributed by atoms with Crippen LogP contribution in [0.2, 0.25) is 0 Å². The fraction of sp³-hybridized carbons (Fsp3) is 0.857. The molecule has 0 aromatic carbocycles. The average Bonchev–Trinajstić information content (AvgIpc) is 3.29. The van der Waals surface area contributed by atoms with Crippen molar-refractivity contribution in [2.45, 2.75) is 13.5 Å². The van der Waals surface area contributed by atoms with Gasteiger partial charge in [0.2, 0.25) is 0 Å². The molecule has 0 atom stereocenters. The average molecular weight is 477 g/mol. The first kappa shape index (κ1) is 29.5. The van der Waals surface area contributed by atoms with E-state index in [-0.39, 0.29) is 5.78 Å². The van der Waals surface area contributed by atoms with E-state index in [4.69, 9.17) is 33.2 Å². The van der Waals surface area contributed by atoms with Crippen molar-refractivity contribution >= 4 is 5.78 Å². The van der Waals surface area contributed by atoms with Crippen molar-refractivity contribution in [2.75, 3.05) is 106 Å². The van der Waals surface area contributed by atoms with E-state index in [1.807, 2.05) is 7.05 Å². The first-order chi connectivity index (χ1) is 16.2. The molecular formula is C21H40N4O8. The number of hydrogen-bond acceptors (Lipinski definition) is 11. The number of Topliss-reactive ketones (excluding diaryl/α,β-unsaturated/α-hetero) is 1. The molecule has 1 N–H and O–H groups in total. The van der Waals surface area contributed by atoms with Crippen LogP contribution in [-0.4, -0.2) is 127 Å². The first-order valence-corrected chi connectivity index (χ1v) is 11.3. The molecule has 0 aliphatic heterocycles. The Bertz CT molecular complexity index is 576. The largest absolute Gasteiger partial charge is 0.378 e. The van der Waals surface area contributed by atoms with E-state index < -0.39 is 0 Å². The Labute approximate surface area is 196 Å². The Hall–Kier alpha value is -1.51. The minimum Gasteiger partial charge on any atom is -0.378 e. The third-order valence-corrected chi connectivity index (χ3v) is 4.09. The smallest absolute Gasteiger partial charge is 0.181 e. The zero-order chi connectivity index (χ0) is 23.8. The molecule has 0 spiro atoms. The zero-order valence-electron chi connectivity index (χ0n) is 20.0. The van der Waals surface area contributed by atoms with E-state index in [1.165, 1.54) is 6.92 Å². The van der Waals surface area contributed by atoms with Crippen molar-refractivity contribution < 1.29 is 38.0 Å². The molecule has 33 heavy (non-hydrogen) atoms. The molecule has 1 aromatic rings. The third-order valence-electron chi connectivity index (χ3n) is 4.09. The Balaban J connectivity index is 1.69. The standard InChI is InChI=1S/C21H40N4O8/c1-20(26)21-19-25(24-23-21)4-6-28-8-10-30-12-14-32-16-18-33-17-15-31-13-11-29-9-7-27-5-3-22-2/h19,22H,3-18H2,1-2H3. The van der Waals surface area contributed by atoms with Crippen molar-refractivity contribution in [3.05, 3.63) is 11.9 Å². The molecule has 0 saturated heterocycles. The Kier molecular flexibility index (Phi) is 19.9. The van der Waals surface area contributed by atoms with Crippen LogP contribution in [0.25, 0.3) is 0 Å². The molecule has 0 aliphatic carbocycles. The summed E-state index contributed by atoms with van der Waals surface area (Å²) in [5.74, 6) is -0.103. The minimum absolute atomic E-state index is 0.103. The highest BCUT2D eigenvalue weighted by Crippen LogP contribution is 1.94. The van der Waals surface area contributed by atoms with E-state index in [1.54, 1.807) is 10.9 Å². The first-order valence-electron chi connectivity index (χ1n) is 11.3. The van der Waals surface area contributed by atoms with Gasteiger partial charge in [-0.2, -0.15) is 0 Å². The fourth-order valence-corrected chi connectivity index (χ4v) is 2.32. The van der Waals surface area contributed by atoms with E-state index in [2.05, 4.69) is 15.6 Å². The van der Waals surface area contributed by atoms with Crippen LogP contribution in [0.1, 0.15) is 17.4 Å². The van der Waals surface area contributed by atoms with Crippen LogP contribution >= 0.6 is 0 Å². The predicted molar refractivity (Wildman–Crippen MR) is 120 cm³/mol. The van der Waals surface area contributed by atoms with E-state index >= 15 is 0 Å². The van der Waals surface area contributed by atoms with Gasteiger partial charge in [-0.25, -0.2) is 4.68 Å². The lowest BCUT2D eigenvalue weighted by Crippen LogP contribution is -2.17. The van der Waals surface area contributed by atoms with Gasteiger partial charge < -0.3 is 38.5 Å². The molecular weight excluding hydrogens is 436 g/mol. The number of carbonyl (C=O) groups excluding carboxylic acids is 1. The molecule has 12 nitrogen and oxygen atoms in total. The van der Waals surface area contributed by atoms with Crippen molar-refractivity contribution in [3.63, 3.8) is 0 Å². The summed E-state index contributed by atoms with van der Waals surface area (Å²) in [4.78, 5) is 11.1. The summed E-state index contributed by atoms with van der Waals surface area (Å²) in [6.07, 6.45) is 1.61. The maximum absolute atomic E-state index is 11.1. The molecule has 1 aromatic heterocycles. The highest BCUT2D eigenvalue weighted by Gasteiger charge is 2.04. The maximum atomic E-state index is 11.1. The highest BCUT2D eigenvalue weighted by molar-refractivity contribution is 5.91. The molecule has 0 amide bonds. The summed E-state index contributed by atoms with van der Waals surface area (Å²) in [6, 6.07) is 0. The van der Waals surface area contributed by atoms with Gasteiger partial charge in [-0.15, -0.1) is 5.10 Å². The summed E-state index contributed by atoms with van der Waals surface area (Å²) in [6.45, 7) is 10.3. The van der Waals surface area contributed by atoms with Crippen molar-refractivity contribution in [1.29, 1.82) is 0 Å². The quantitative estimate of drug-likeness (QED) is 0.149. The normalized spacial score (nSPS) is 11.3. The van der Waals surface area contributed by atoms with E-state index in [9.17, 15) is 4.79 Å². The van der Waals surface area contributed by atoms with Crippen LogP contribution in [-0.2, 0) is 39.7 Å². The van der Waals surface area contributed by atoms with Crippen molar-refractivity contribution in [3.8, 4) is 0 Å². The summed E-state index contributed by atoms with van der Waals surface area (Å²) in [5, 5.41) is 10.6. The van der Waals surface area contributed by atoms with Gasteiger partial charge in [0.05, 0.1) is 105 Å². The van der Waals surface area contributed by atoms with Gasteiger partial charge in [0.1, 0.15) is 5.69 Å². The number of ether oxygens (including phenoxy) is 7. The molecule has 12 heteroatoms. The molecule has 0 saturated carbocycles. The molecule has 0 bridgehead atoms. The molecule has 1 heterocycles. The van der Waals surface area contributed by atoms with Gasteiger partial charge in [0, 0.05) is 13.5 Å². The number of ketones is 1. The van der Waals surface area contributed by atoms with Crippen LogP contribution in [0.5, 0.6) is 0 Å². The Morgan fingerprint density at radius 1 is 0.727 bits per heavy atom.